The lowest BCUT2D eigenvalue weighted by molar-refractivity contribution is -0.151. The second kappa shape index (κ2) is 6.90. The molecule has 2 aliphatic heterocycles. The van der Waals surface area contributed by atoms with Crippen LogP contribution in [0, 0.1) is 5.92 Å². The average molecular weight is 282 g/mol. The van der Waals surface area contributed by atoms with Crippen molar-refractivity contribution in [3.8, 4) is 0 Å². The molecule has 0 aromatic rings. The number of methoxy groups -OCH3 is 1. The van der Waals surface area contributed by atoms with Gasteiger partial charge in [0.05, 0.1) is 7.11 Å². The Morgan fingerprint density at radius 3 is 2.80 bits per heavy atom. The summed E-state index contributed by atoms with van der Waals surface area (Å²) in [5.74, 6) is 0.551. The summed E-state index contributed by atoms with van der Waals surface area (Å²) in [6, 6.07) is 0.603. The zero-order valence-electron chi connectivity index (χ0n) is 13.3. The number of hydrogen-bond acceptors (Lipinski definition) is 4. The first-order chi connectivity index (χ1) is 9.57. The lowest BCUT2D eigenvalue weighted by atomic mass is 9.78. The molecule has 4 heteroatoms. The number of nitrogens with one attached hydrogen (secondary N) is 1. The van der Waals surface area contributed by atoms with Crippen LogP contribution in [0.25, 0.3) is 0 Å². The normalized spacial score (nSPS) is 32.3. The van der Waals surface area contributed by atoms with Crippen molar-refractivity contribution >= 4 is 5.97 Å². The number of esters is 1. The Morgan fingerprint density at radius 2 is 2.20 bits per heavy atom. The van der Waals surface area contributed by atoms with E-state index in [9.17, 15) is 4.79 Å². The highest BCUT2D eigenvalue weighted by molar-refractivity contribution is 5.80. The standard InChI is InChI=1S/C16H30N2O2/c1-13(2)18-10-6-7-14(12-18)11-16(15(19)20-3)8-4-5-9-17-16/h13-14,17H,4-12H2,1-3H3. The number of hydrogen-bond donors (Lipinski definition) is 1. The Bertz CT molecular complexity index is 324. The third-order valence-corrected chi connectivity index (χ3v) is 4.99. The summed E-state index contributed by atoms with van der Waals surface area (Å²) in [7, 11) is 1.52. The van der Waals surface area contributed by atoms with Crippen molar-refractivity contribution in [3.05, 3.63) is 0 Å². The smallest absolute Gasteiger partial charge is 0.326 e. The molecule has 0 aromatic heterocycles. The number of ether oxygens (including phenoxy) is 1. The maximum absolute atomic E-state index is 12.3. The van der Waals surface area contributed by atoms with E-state index in [1.807, 2.05) is 0 Å². The van der Waals surface area contributed by atoms with Gasteiger partial charge in [0.1, 0.15) is 5.54 Å². The molecule has 116 valence electrons. The maximum Gasteiger partial charge on any atom is 0.326 e. The SMILES string of the molecule is COC(=O)C1(CC2CCCN(C(C)C)C2)CCCCN1. The fourth-order valence-electron chi connectivity index (χ4n) is 3.82. The van der Waals surface area contributed by atoms with E-state index in [1.54, 1.807) is 0 Å². The van der Waals surface area contributed by atoms with Gasteiger partial charge in [0, 0.05) is 12.6 Å². The Balaban J connectivity index is 2.02. The van der Waals surface area contributed by atoms with E-state index in [1.165, 1.54) is 32.9 Å². The molecule has 0 aromatic carbocycles. The van der Waals surface area contributed by atoms with Crippen LogP contribution in [0.4, 0.5) is 0 Å². The van der Waals surface area contributed by atoms with Gasteiger partial charge in [0.2, 0.25) is 0 Å². The predicted molar refractivity (Wildman–Crippen MR) is 80.7 cm³/mol. The largest absolute Gasteiger partial charge is 0.468 e. The molecular formula is C16H30N2O2. The fraction of sp³-hybridized carbons (Fsp3) is 0.938. The van der Waals surface area contributed by atoms with Crippen molar-refractivity contribution in [2.24, 2.45) is 5.92 Å². The van der Waals surface area contributed by atoms with Gasteiger partial charge < -0.3 is 15.0 Å². The van der Waals surface area contributed by atoms with E-state index < -0.39 is 5.54 Å². The number of piperidine rings is 2. The molecule has 2 fully saturated rings. The quantitative estimate of drug-likeness (QED) is 0.803. The summed E-state index contributed by atoms with van der Waals surface area (Å²) >= 11 is 0. The summed E-state index contributed by atoms with van der Waals surface area (Å²) < 4.78 is 5.09. The van der Waals surface area contributed by atoms with Crippen LogP contribution in [0.1, 0.15) is 52.4 Å². The molecule has 1 N–H and O–H groups in total. The molecule has 2 saturated heterocycles. The van der Waals surface area contributed by atoms with E-state index >= 15 is 0 Å². The topological polar surface area (TPSA) is 41.6 Å². The van der Waals surface area contributed by atoms with Crippen LogP contribution in [0.5, 0.6) is 0 Å². The van der Waals surface area contributed by atoms with Crippen molar-refractivity contribution < 1.29 is 9.53 Å². The summed E-state index contributed by atoms with van der Waals surface area (Å²) in [4.78, 5) is 14.8. The van der Waals surface area contributed by atoms with Gasteiger partial charge in [-0.05, 0) is 71.4 Å². The highest BCUT2D eigenvalue weighted by Gasteiger charge is 2.42. The molecule has 4 nitrogen and oxygen atoms in total. The molecule has 0 aliphatic carbocycles. The zero-order valence-corrected chi connectivity index (χ0v) is 13.3. The molecular weight excluding hydrogens is 252 g/mol. The number of rotatable bonds is 4. The van der Waals surface area contributed by atoms with Crippen LogP contribution in [0.15, 0.2) is 0 Å². The summed E-state index contributed by atoms with van der Waals surface area (Å²) in [5.41, 5.74) is -0.419. The number of carbonyl (C=O) groups excluding carboxylic acids is 1. The van der Waals surface area contributed by atoms with Gasteiger partial charge in [-0.3, -0.25) is 4.79 Å². The Morgan fingerprint density at radius 1 is 1.40 bits per heavy atom. The van der Waals surface area contributed by atoms with E-state index in [4.69, 9.17) is 4.74 Å². The average Bonchev–Trinajstić information content (AvgIpc) is 2.47. The van der Waals surface area contributed by atoms with Crippen LogP contribution in [-0.2, 0) is 9.53 Å². The van der Waals surface area contributed by atoms with Gasteiger partial charge in [0.25, 0.3) is 0 Å². The molecule has 20 heavy (non-hydrogen) atoms. The Hall–Kier alpha value is -0.610. The first-order valence-electron chi connectivity index (χ1n) is 8.15. The lowest BCUT2D eigenvalue weighted by Crippen LogP contribution is -2.57. The van der Waals surface area contributed by atoms with Crippen molar-refractivity contribution in [1.29, 1.82) is 0 Å². The van der Waals surface area contributed by atoms with Gasteiger partial charge in [-0.1, -0.05) is 0 Å². The number of carbonyl (C=O) groups is 1. The number of likely N-dealkylation sites (tertiary alicyclic amines) is 1. The van der Waals surface area contributed by atoms with Crippen molar-refractivity contribution in [2.45, 2.75) is 64.0 Å². The van der Waals surface area contributed by atoms with Gasteiger partial charge >= 0.3 is 5.97 Å². The molecule has 2 rings (SSSR count). The summed E-state index contributed by atoms with van der Waals surface area (Å²) in [5, 5.41) is 3.48. The van der Waals surface area contributed by atoms with E-state index in [-0.39, 0.29) is 5.97 Å². The molecule has 2 aliphatic rings. The van der Waals surface area contributed by atoms with Gasteiger partial charge in [0.15, 0.2) is 0 Å². The monoisotopic (exact) mass is 282 g/mol. The van der Waals surface area contributed by atoms with Crippen molar-refractivity contribution in [1.82, 2.24) is 10.2 Å². The molecule has 2 heterocycles. The molecule has 0 bridgehead atoms. The first-order valence-corrected chi connectivity index (χ1v) is 8.15. The van der Waals surface area contributed by atoms with Crippen LogP contribution in [0.3, 0.4) is 0 Å². The van der Waals surface area contributed by atoms with Crippen LogP contribution in [-0.4, -0.2) is 49.2 Å². The third-order valence-electron chi connectivity index (χ3n) is 4.99. The van der Waals surface area contributed by atoms with Crippen LogP contribution < -0.4 is 5.32 Å². The highest BCUT2D eigenvalue weighted by atomic mass is 16.5. The Kier molecular flexibility index (Phi) is 5.44. The molecule has 0 saturated carbocycles. The van der Waals surface area contributed by atoms with Gasteiger partial charge in [-0.2, -0.15) is 0 Å². The van der Waals surface area contributed by atoms with Gasteiger partial charge in [-0.15, -0.1) is 0 Å². The summed E-state index contributed by atoms with van der Waals surface area (Å²) in [6.07, 6.45) is 6.65. The zero-order chi connectivity index (χ0) is 14.6. The lowest BCUT2D eigenvalue weighted by Gasteiger charge is -2.42. The predicted octanol–water partition coefficient (Wildman–Crippen LogP) is 2.18. The van der Waals surface area contributed by atoms with E-state index in [2.05, 4.69) is 24.1 Å². The minimum atomic E-state index is -0.419. The van der Waals surface area contributed by atoms with Crippen molar-refractivity contribution in [3.63, 3.8) is 0 Å². The van der Waals surface area contributed by atoms with E-state index in [0.717, 1.165) is 32.4 Å². The molecule has 0 spiro atoms. The van der Waals surface area contributed by atoms with E-state index in [0.29, 0.717) is 12.0 Å². The second-order valence-electron chi connectivity index (χ2n) is 6.76. The molecule has 0 radical (unpaired) electrons. The Labute approximate surface area is 123 Å². The maximum atomic E-state index is 12.3. The first kappa shape index (κ1) is 15.8. The van der Waals surface area contributed by atoms with Crippen LogP contribution in [0.2, 0.25) is 0 Å². The fourth-order valence-corrected chi connectivity index (χ4v) is 3.82. The third kappa shape index (κ3) is 3.53. The minimum Gasteiger partial charge on any atom is -0.468 e. The second-order valence-corrected chi connectivity index (χ2v) is 6.76. The van der Waals surface area contributed by atoms with Crippen molar-refractivity contribution in [2.75, 3.05) is 26.7 Å². The molecule has 2 atom stereocenters. The minimum absolute atomic E-state index is 0.0566. The summed E-state index contributed by atoms with van der Waals surface area (Å²) in [6.45, 7) is 7.79. The molecule has 0 amide bonds. The molecule has 2 unspecified atom stereocenters. The number of nitrogens with zero attached hydrogens (tertiary/aromatic N) is 1. The van der Waals surface area contributed by atoms with Crippen LogP contribution >= 0.6 is 0 Å². The van der Waals surface area contributed by atoms with Gasteiger partial charge in [-0.25, -0.2) is 0 Å². The highest BCUT2D eigenvalue weighted by Crippen LogP contribution is 2.32.